The van der Waals surface area contributed by atoms with E-state index in [2.05, 4.69) is 15.5 Å². The van der Waals surface area contributed by atoms with Crippen LogP contribution in [0, 0.1) is 0 Å². The summed E-state index contributed by atoms with van der Waals surface area (Å²) in [6.07, 6.45) is 0.419. The van der Waals surface area contributed by atoms with Crippen LogP contribution >= 0.6 is 11.8 Å². The predicted molar refractivity (Wildman–Crippen MR) is 80.3 cm³/mol. The van der Waals surface area contributed by atoms with E-state index in [4.69, 9.17) is 9.15 Å². The third-order valence-electron chi connectivity index (χ3n) is 2.65. The highest BCUT2D eigenvalue weighted by Gasteiger charge is 2.09. The first-order chi connectivity index (χ1) is 10.2. The number of benzene rings is 1. The summed E-state index contributed by atoms with van der Waals surface area (Å²) in [4.78, 5) is 11.1. The Balaban J connectivity index is 1.94. The SMILES string of the molecule is CCOc1ccc(-c2nnc(SCCC(=O)NC)o2)cc1. The summed E-state index contributed by atoms with van der Waals surface area (Å²) in [5.41, 5.74) is 0.837. The van der Waals surface area contributed by atoms with E-state index in [0.29, 0.717) is 29.9 Å². The number of ether oxygens (including phenoxy) is 1. The molecule has 0 saturated carbocycles. The summed E-state index contributed by atoms with van der Waals surface area (Å²) in [5.74, 6) is 1.86. The van der Waals surface area contributed by atoms with Gasteiger partial charge in [0.2, 0.25) is 11.8 Å². The van der Waals surface area contributed by atoms with Crippen LogP contribution < -0.4 is 10.1 Å². The van der Waals surface area contributed by atoms with Gasteiger partial charge in [0.25, 0.3) is 5.22 Å². The molecule has 0 bridgehead atoms. The van der Waals surface area contributed by atoms with Crippen molar-refractivity contribution in [1.82, 2.24) is 15.5 Å². The fourth-order valence-corrected chi connectivity index (χ4v) is 2.30. The molecule has 0 spiro atoms. The molecule has 0 unspecified atom stereocenters. The van der Waals surface area contributed by atoms with Crippen molar-refractivity contribution in [3.05, 3.63) is 24.3 Å². The van der Waals surface area contributed by atoms with E-state index < -0.39 is 0 Å². The zero-order valence-corrected chi connectivity index (χ0v) is 12.8. The average Bonchev–Trinajstić information content (AvgIpc) is 2.97. The molecule has 2 aromatic rings. The Hall–Kier alpha value is -2.02. The quantitative estimate of drug-likeness (QED) is 0.791. The Morgan fingerprint density at radius 1 is 1.33 bits per heavy atom. The second kappa shape index (κ2) is 7.68. The van der Waals surface area contributed by atoms with E-state index in [-0.39, 0.29) is 5.91 Å². The van der Waals surface area contributed by atoms with E-state index in [0.717, 1.165) is 11.3 Å². The highest BCUT2D eigenvalue weighted by molar-refractivity contribution is 7.99. The van der Waals surface area contributed by atoms with Gasteiger partial charge < -0.3 is 14.5 Å². The molecule has 2 rings (SSSR count). The lowest BCUT2D eigenvalue weighted by atomic mass is 10.2. The molecule has 0 atom stereocenters. The summed E-state index contributed by atoms with van der Waals surface area (Å²) in [5, 5.41) is 11.0. The molecule has 6 nitrogen and oxygen atoms in total. The topological polar surface area (TPSA) is 77.2 Å². The molecule has 0 aliphatic heterocycles. The molecule has 112 valence electrons. The first-order valence-corrected chi connectivity index (χ1v) is 7.61. The number of aromatic nitrogens is 2. The molecule has 21 heavy (non-hydrogen) atoms. The molecule has 1 amide bonds. The summed E-state index contributed by atoms with van der Waals surface area (Å²) < 4.78 is 10.9. The van der Waals surface area contributed by atoms with Gasteiger partial charge in [-0.1, -0.05) is 11.8 Å². The van der Waals surface area contributed by atoms with Crippen LogP contribution in [-0.4, -0.2) is 35.5 Å². The van der Waals surface area contributed by atoms with Gasteiger partial charge in [0.15, 0.2) is 0 Å². The van der Waals surface area contributed by atoms with E-state index in [1.807, 2.05) is 31.2 Å². The van der Waals surface area contributed by atoms with Gasteiger partial charge in [-0.05, 0) is 31.2 Å². The Bertz CT molecular complexity index is 583. The number of amides is 1. The van der Waals surface area contributed by atoms with E-state index in [9.17, 15) is 4.79 Å². The van der Waals surface area contributed by atoms with E-state index in [1.165, 1.54) is 11.8 Å². The third-order valence-corrected chi connectivity index (χ3v) is 3.47. The van der Waals surface area contributed by atoms with Crippen LogP contribution in [0.2, 0.25) is 0 Å². The van der Waals surface area contributed by atoms with Crippen molar-refractivity contribution in [2.45, 2.75) is 18.6 Å². The van der Waals surface area contributed by atoms with Gasteiger partial charge in [-0.25, -0.2) is 0 Å². The molecule has 0 aliphatic carbocycles. The minimum atomic E-state index is -0.00579. The number of carbonyl (C=O) groups is 1. The van der Waals surface area contributed by atoms with Crippen LogP contribution in [0.4, 0.5) is 0 Å². The summed E-state index contributed by atoms with van der Waals surface area (Å²) >= 11 is 1.37. The minimum absolute atomic E-state index is 0.00579. The molecule has 0 aliphatic rings. The number of rotatable bonds is 7. The van der Waals surface area contributed by atoms with Crippen molar-refractivity contribution in [3.63, 3.8) is 0 Å². The lowest BCUT2D eigenvalue weighted by Crippen LogP contribution is -2.17. The molecule has 0 fully saturated rings. The van der Waals surface area contributed by atoms with Gasteiger partial charge in [0, 0.05) is 24.8 Å². The average molecular weight is 307 g/mol. The Morgan fingerprint density at radius 3 is 2.76 bits per heavy atom. The maximum Gasteiger partial charge on any atom is 0.276 e. The van der Waals surface area contributed by atoms with Gasteiger partial charge in [0.1, 0.15) is 5.75 Å². The van der Waals surface area contributed by atoms with Gasteiger partial charge >= 0.3 is 0 Å². The Morgan fingerprint density at radius 2 is 2.10 bits per heavy atom. The summed E-state index contributed by atoms with van der Waals surface area (Å²) in [6.45, 7) is 2.57. The smallest absolute Gasteiger partial charge is 0.276 e. The summed E-state index contributed by atoms with van der Waals surface area (Å²) in [6, 6.07) is 7.47. The predicted octanol–water partition coefficient (Wildman–Crippen LogP) is 2.36. The van der Waals surface area contributed by atoms with Crippen molar-refractivity contribution in [2.75, 3.05) is 19.4 Å². The fourth-order valence-electron chi connectivity index (χ4n) is 1.60. The van der Waals surface area contributed by atoms with Crippen LogP contribution in [-0.2, 0) is 4.79 Å². The number of carbonyl (C=O) groups excluding carboxylic acids is 1. The molecule has 1 aromatic carbocycles. The van der Waals surface area contributed by atoms with E-state index >= 15 is 0 Å². The van der Waals surface area contributed by atoms with Crippen LogP contribution in [0.25, 0.3) is 11.5 Å². The van der Waals surface area contributed by atoms with Crippen molar-refractivity contribution in [1.29, 1.82) is 0 Å². The Kier molecular flexibility index (Phi) is 5.62. The van der Waals surface area contributed by atoms with Gasteiger partial charge in [0.05, 0.1) is 6.61 Å². The normalized spacial score (nSPS) is 10.4. The maximum atomic E-state index is 11.1. The third kappa shape index (κ3) is 4.49. The monoisotopic (exact) mass is 307 g/mol. The van der Waals surface area contributed by atoms with E-state index in [1.54, 1.807) is 7.05 Å². The van der Waals surface area contributed by atoms with Crippen LogP contribution in [0.5, 0.6) is 5.75 Å². The minimum Gasteiger partial charge on any atom is -0.494 e. The fraction of sp³-hybridized carbons (Fsp3) is 0.357. The lowest BCUT2D eigenvalue weighted by Gasteiger charge is -2.02. The van der Waals surface area contributed by atoms with Crippen LogP contribution in [0.3, 0.4) is 0 Å². The first-order valence-electron chi connectivity index (χ1n) is 6.63. The maximum absolute atomic E-state index is 11.1. The van der Waals surface area contributed by atoms with Gasteiger partial charge in [-0.3, -0.25) is 4.79 Å². The highest BCUT2D eigenvalue weighted by atomic mass is 32.2. The molecular weight excluding hydrogens is 290 g/mol. The molecule has 0 saturated heterocycles. The van der Waals surface area contributed by atoms with Crippen LogP contribution in [0.15, 0.2) is 33.9 Å². The Labute approximate surface area is 127 Å². The number of hydrogen-bond donors (Lipinski definition) is 1. The van der Waals surface area contributed by atoms with Gasteiger partial charge in [-0.15, -0.1) is 10.2 Å². The number of hydrogen-bond acceptors (Lipinski definition) is 6. The van der Waals surface area contributed by atoms with Crippen LogP contribution in [0.1, 0.15) is 13.3 Å². The molecule has 1 aromatic heterocycles. The van der Waals surface area contributed by atoms with Gasteiger partial charge in [-0.2, -0.15) is 0 Å². The number of nitrogens with zero attached hydrogens (tertiary/aromatic N) is 2. The molecule has 1 N–H and O–H groups in total. The second-order valence-corrected chi connectivity index (χ2v) is 5.15. The zero-order valence-electron chi connectivity index (χ0n) is 12.0. The molecular formula is C14H17N3O3S. The molecule has 0 radical (unpaired) electrons. The number of thioether (sulfide) groups is 1. The summed E-state index contributed by atoms with van der Waals surface area (Å²) in [7, 11) is 1.61. The lowest BCUT2D eigenvalue weighted by molar-refractivity contribution is -0.120. The van der Waals surface area contributed by atoms with Crippen molar-refractivity contribution < 1.29 is 13.9 Å². The van der Waals surface area contributed by atoms with Crippen molar-refractivity contribution >= 4 is 17.7 Å². The standard InChI is InChI=1S/C14H17N3O3S/c1-3-19-11-6-4-10(5-7-11)13-16-17-14(20-13)21-9-8-12(18)15-2/h4-7H,3,8-9H2,1-2H3,(H,15,18). The number of nitrogens with one attached hydrogen (secondary N) is 1. The van der Waals surface area contributed by atoms with Crippen molar-refractivity contribution in [3.8, 4) is 17.2 Å². The zero-order chi connectivity index (χ0) is 15.1. The molecule has 1 heterocycles. The first kappa shape index (κ1) is 15.4. The highest BCUT2D eigenvalue weighted by Crippen LogP contribution is 2.25. The molecule has 7 heteroatoms. The second-order valence-electron chi connectivity index (χ2n) is 4.10. The van der Waals surface area contributed by atoms with Crippen molar-refractivity contribution in [2.24, 2.45) is 0 Å². The largest absolute Gasteiger partial charge is 0.494 e.